The molecular weight excluding hydrogens is 299 g/mol. The summed E-state index contributed by atoms with van der Waals surface area (Å²) in [5, 5.41) is 0. The van der Waals surface area contributed by atoms with Crippen molar-refractivity contribution in [3.05, 3.63) is 27.2 Å². The first-order chi connectivity index (χ1) is 10.8. The molecular formula is C16H25FN4O2. The molecule has 0 atom stereocenters. The fourth-order valence-corrected chi connectivity index (χ4v) is 2.74. The normalized spacial score (nSPS) is 12.2. The summed E-state index contributed by atoms with van der Waals surface area (Å²) in [7, 11) is 1.62. The summed E-state index contributed by atoms with van der Waals surface area (Å²) >= 11 is 0. The van der Waals surface area contributed by atoms with Crippen LogP contribution in [0, 0.1) is 0 Å². The van der Waals surface area contributed by atoms with Crippen molar-refractivity contribution in [2.75, 3.05) is 0 Å². The maximum absolute atomic E-state index is 13.5. The van der Waals surface area contributed by atoms with Gasteiger partial charge in [0.2, 0.25) is 0 Å². The third kappa shape index (κ3) is 3.71. The molecule has 0 amide bonds. The lowest BCUT2D eigenvalue weighted by molar-refractivity contribution is 0.195. The molecule has 0 N–H and O–H groups in total. The van der Waals surface area contributed by atoms with Crippen LogP contribution in [0.15, 0.2) is 15.9 Å². The van der Waals surface area contributed by atoms with E-state index in [1.807, 2.05) is 6.92 Å². The summed E-state index contributed by atoms with van der Waals surface area (Å²) in [4.78, 5) is 29.2. The summed E-state index contributed by atoms with van der Waals surface area (Å²) in [6.45, 7) is 6.07. The van der Waals surface area contributed by atoms with Crippen LogP contribution in [0.2, 0.25) is 0 Å². The number of unbranched alkanes of at least 4 members (excludes halogenated alkanes) is 1. The molecule has 2 rings (SSSR count). The highest BCUT2D eigenvalue weighted by molar-refractivity contribution is 5.69. The van der Waals surface area contributed by atoms with Gasteiger partial charge in [-0.15, -0.1) is 0 Å². The van der Waals surface area contributed by atoms with E-state index in [0.29, 0.717) is 43.5 Å². The molecule has 0 aliphatic carbocycles. The minimum Gasteiger partial charge on any atom is -0.325 e. The van der Waals surface area contributed by atoms with Gasteiger partial charge in [0, 0.05) is 20.1 Å². The summed E-state index contributed by atoms with van der Waals surface area (Å²) in [6, 6.07) is 0. The summed E-state index contributed by atoms with van der Waals surface area (Å²) in [5.41, 5.74) is -1.04. The van der Waals surface area contributed by atoms with Crippen molar-refractivity contribution >= 4 is 11.2 Å². The fraction of sp³-hybridized carbons (Fsp3) is 0.688. The molecule has 0 unspecified atom stereocenters. The number of rotatable bonds is 7. The molecule has 2 aromatic heterocycles. The minimum atomic E-state index is -1.22. The van der Waals surface area contributed by atoms with Gasteiger partial charge in [0.05, 0.1) is 6.33 Å². The molecule has 2 heterocycles. The lowest BCUT2D eigenvalue weighted by atomic mass is 10.0. The van der Waals surface area contributed by atoms with Crippen LogP contribution < -0.4 is 11.2 Å². The van der Waals surface area contributed by atoms with Crippen LogP contribution in [0.3, 0.4) is 0 Å². The topological polar surface area (TPSA) is 61.8 Å². The van der Waals surface area contributed by atoms with E-state index in [-0.39, 0.29) is 11.2 Å². The van der Waals surface area contributed by atoms with E-state index in [4.69, 9.17) is 0 Å². The summed E-state index contributed by atoms with van der Waals surface area (Å²) in [5.74, 6) is 0. The van der Waals surface area contributed by atoms with Gasteiger partial charge in [-0.3, -0.25) is 13.9 Å². The van der Waals surface area contributed by atoms with Crippen molar-refractivity contribution in [3.63, 3.8) is 0 Å². The maximum Gasteiger partial charge on any atom is 0.332 e. The van der Waals surface area contributed by atoms with E-state index >= 15 is 0 Å². The van der Waals surface area contributed by atoms with Crippen molar-refractivity contribution in [1.82, 2.24) is 18.7 Å². The molecule has 0 spiro atoms. The molecule has 23 heavy (non-hydrogen) atoms. The monoisotopic (exact) mass is 324 g/mol. The third-order valence-corrected chi connectivity index (χ3v) is 3.97. The molecule has 2 aromatic rings. The number of hydrogen-bond acceptors (Lipinski definition) is 3. The van der Waals surface area contributed by atoms with Gasteiger partial charge in [0.25, 0.3) is 5.56 Å². The lowest BCUT2D eigenvalue weighted by Crippen LogP contribution is -2.39. The lowest BCUT2D eigenvalue weighted by Gasteiger charge is -2.14. The standard InChI is InChI=1S/C16H25FN4O2/c1-5-9-20-11-18-13-12(20)14(22)21(15(23)19(13)4)10-7-6-8-16(2,3)17/h11H,5-10H2,1-4H3. The molecule has 0 aliphatic heterocycles. The van der Waals surface area contributed by atoms with Crippen molar-refractivity contribution in [3.8, 4) is 0 Å². The first kappa shape index (κ1) is 17.4. The van der Waals surface area contributed by atoms with Crippen LogP contribution in [-0.4, -0.2) is 24.4 Å². The van der Waals surface area contributed by atoms with E-state index in [9.17, 15) is 14.0 Å². The molecule has 0 saturated carbocycles. The van der Waals surface area contributed by atoms with E-state index in [1.165, 1.54) is 23.0 Å². The molecule has 7 heteroatoms. The van der Waals surface area contributed by atoms with Gasteiger partial charge in [-0.1, -0.05) is 6.92 Å². The first-order valence-corrected chi connectivity index (χ1v) is 8.10. The highest BCUT2D eigenvalue weighted by Crippen LogP contribution is 2.17. The number of halogens is 1. The van der Waals surface area contributed by atoms with Gasteiger partial charge in [-0.05, 0) is 39.5 Å². The Labute approximate surface area is 134 Å². The second-order valence-electron chi connectivity index (χ2n) is 6.58. The summed E-state index contributed by atoms with van der Waals surface area (Å²) in [6.07, 6.45) is 4.11. The van der Waals surface area contributed by atoms with E-state index < -0.39 is 5.67 Å². The molecule has 128 valence electrons. The average Bonchev–Trinajstić information content (AvgIpc) is 2.87. The van der Waals surface area contributed by atoms with E-state index in [0.717, 1.165) is 6.42 Å². The van der Waals surface area contributed by atoms with Gasteiger partial charge in [-0.25, -0.2) is 14.2 Å². The number of nitrogens with zero attached hydrogens (tertiary/aromatic N) is 4. The molecule has 0 bridgehead atoms. The Bertz CT molecular complexity index is 795. The second-order valence-corrected chi connectivity index (χ2v) is 6.58. The molecule has 0 fully saturated rings. The first-order valence-electron chi connectivity index (χ1n) is 8.10. The van der Waals surface area contributed by atoms with Crippen molar-refractivity contribution in [2.45, 2.75) is 65.2 Å². The number of imidazole rings is 1. The van der Waals surface area contributed by atoms with Crippen LogP contribution in [0.1, 0.15) is 46.5 Å². The average molecular weight is 324 g/mol. The van der Waals surface area contributed by atoms with E-state index in [1.54, 1.807) is 17.9 Å². The largest absolute Gasteiger partial charge is 0.332 e. The SMILES string of the molecule is CCCn1cnc2c1c(=O)n(CCCCC(C)(C)F)c(=O)n2C. The molecule has 0 saturated heterocycles. The van der Waals surface area contributed by atoms with Crippen LogP contribution in [0.25, 0.3) is 11.2 Å². The molecule has 6 nitrogen and oxygen atoms in total. The Kier molecular flexibility index (Phi) is 5.06. The third-order valence-electron chi connectivity index (χ3n) is 3.97. The molecule has 0 radical (unpaired) electrons. The van der Waals surface area contributed by atoms with Crippen LogP contribution in [0.5, 0.6) is 0 Å². The second kappa shape index (κ2) is 6.68. The van der Waals surface area contributed by atoms with Gasteiger partial charge >= 0.3 is 5.69 Å². The van der Waals surface area contributed by atoms with Crippen molar-refractivity contribution in [1.29, 1.82) is 0 Å². The Balaban J connectivity index is 2.34. The number of aryl methyl sites for hydroxylation is 2. The Hall–Kier alpha value is -1.92. The van der Waals surface area contributed by atoms with Crippen LogP contribution >= 0.6 is 0 Å². The highest BCUT2D eigenvalue weighted by atomic mass is 19.1. The zero-order chi connectivity index (χ0) is 17.2. The van der Waals surface area contributed by atoms with Crippen LogP contribution in [0.4, 0.5) is 4.39 Å². The molecule has 0 aliphatic rings. The zero-order valence-electron chi connectivity index (χ0n) is 14.3. The van der Waals surface area contributed by atoms with Crippen LogP contribution in [-0.2, 0) is 20.1 Å². The maximum atomic E-state index is 13.5. The number of aromatic nitrogens is 4. The van der Waals surface area contributed by atoms with Gasteiger partial charge in [0.1, 0.15) is 5.67 Å². The molecule has 0 aromatic carbocycles. The quantitative estimate of drug-likeness (QED) is 0.734. The van der Waals surface area contributed by atoms with Gasteiger partial charge < -0.3 is 4.57 Å². The highest BCUT2D eigenvalue weighted by Gasteiger charge is 2.17. The zero-order valence-corrected chi connectivity index (χ0v) is 14.3. The fourth-order valence-electron chi connectivity index (χ4n) is 2.74. The predicted octanol–water partition coefficient (Wildman–Crippen LogP) is 2.23. The number of fused-ring (bicyclic) bond motifs is 1. The predicted molar refractivity (Wildman–Crippen MR) is 88.6 cm³/mol. The smallest absolute Gasteiger partial charge is 0.325 e. The van der Waals surface area contributed by atoms with Gasteiger partial charge in [0.15, 0.2) is 11.2 Å². The minimum absolute atomic E-state index is 0.300. The van der Waals surface area contributed by atoms with Crippen molar-refractivity contribution < 1.29 is 4.39 Å². The number of hydrogen-bond donors (Lipinski definition) is 0. The van der Waals surface area contributed by atoms with Gasteiger partial charge in [-0.2, -0.15) is 0 Å². The Morgan fingerprint density at radius 2 is 1.91 bits per heavy atom. The Morgan fingerprint density at radius 1 is 1.22 bits per heavy atom. The van der Waals surface area contributed by atoms with Crippen molar-refractivity contribution in [2.24, 2.45) is 7.05 Å². The number of alkyl halides is 1. The summed E-state index contributed by atoms with van der Waals surface area (Å²) < 4.78 is 17.9. The Morgan fingerprint density at radius 3 is 2.52 bits per heavy atom. The van der Waals surface area contributed by atoms with E-state index in [2.05, 4.69) is 4.98 Å².